The first-order valence-electron chi connectivity index (χ1n) is 8.69. The summed E-state index contributed by atoms with van der Waals surface area (Å²) in [6.07, 6.45) is 0.929. The molecule has 3 aromatic rings. The van der Waals surface area contributed by atoms with Crippen molar-refractivity contribution in [1.82, 2.24) is 9.97 Å². The van der Waals surface area contributed by atoms with Crippen LogP contribution >= 0.6 is 11.6 Å². The summed E-state index contributed by atoms with van der Waals surface area (Å²) in [6, 6.07) is 12.9. The van der Waals surface area contributed by atoms with Crippen LogP contribution in [0.2, 0.25) is 5.02 Å². The lowest BCUT2D eigenvalue weighted by Crippen LogP contribution is -2.30. The van der Waals surface area contributed by atoms with Crippen molar-refractivity contribution in [3.05, 3.63) is 47.5 Å². The van der Waals surface area contributed by atoms with Gasteiger partial charge in [-0.25, -0.2) is 9.97 Å². The molecule has 4 N–H and O–H groups in total. The van der Waals surface area contributed by atoms with Crippen LogP contribution in [0.15, 0.2) is 42.5 Å². The fraction of sp³-hybridized carbons (Fsp3) is 0.300. The van der Waals surface area contributed by atoms with E-state index in [1.54, 1.807) is 18.2 Å². The number of phenolic OH excluding ortho intramolecular Hbond substituents is 1. The minimum Gasteiger partial charge on any atom is -0.506 e. The number of rotatable bonds is 6. The van der Waals surface area contributed by atoms with E-state index >= 15 is 0 Å². The maximum absolute atomic E-state index is 10.3. The number of benzene rings is 2. The molecule has 0 bridgehead atoms. The van der Waals surface area contributed by atoms with Crippen LogP contribution in [0.5, 0.6) is 5.75 Å². The average molecular weight is 371 g/mol. The second-order valence-corrected chi connectivity index (χ2v) is 7.23. The summed E-state index contributed by atoms with van der Waals surface area (Å²) in [5, 5.41) is 14.8. The van der Waals surface area contributed by atoms with Gasteiger partial charge in [0.15, 0.2) is 5.82 Å². The molecule has 0 fully saturated rings. The third kappa shape index (κ3) is 4.06. The van der Waals surface area contributed by atoms with E-state index in [0.29, 0.717) is 29.7 Å². The van der Waals surface area contributed by atoms with Crippen LogP contribution < -0.4 is 11.1 Å². The van der Waals surface area contributed by atoms with E-state index < -0.39 is 0 Å². The monoisotopic (exact) mass is 370 g/mol. The van der Waals surface area contributed by atoms with Crippen molar-refractivity contribution in [3.63, 3.8) is 0 Å². The average Bonchev–Trinajstić information content (AvgIpc) is 2.61. The number of fused-ring (bicyclic) bond motifs is 1. The Balaban J connectivity index is 2.00. The number of para-hydroxylation sites is 2. The highest BCUT2D eigenvalue weighted by Gasteiger charge is 2.14. The summed E-state index contributed by atoms with van der Waals surface area (Å²) in [7, 11) is 0. The van der Waals surface area contributed by atoms with Crippen molar-refractivity contribution in [1.29, 1.82) is 0 Å². The van der Waals surface area contributed by atoms with Gasteiger partial charge in [-0.15, -0.1) is 0 Å². The molecule has 0 saturated carbocycles. The number of nitrogens with zero attached hydrogens (tertiary/aromatic N) is 2. The van der Waals surface area contributed by atoms with Crippen LogP contribution in [-0.4, -0.2) is 27.7 Å². The van der Waals surface area contributed by atoms with E-state index in [-0.39, 0.29) is 16.8 Å². The van der Waals surface area contributed by atoms with Gasteiger partial charge in [-0.05, 0) is 36.6 Å². The van der Waals surface area contributed by atoms with Crippen LogP contribution in [0.4, 0.5) is 5.82 Å². The normalized spacial score (nSPS) is 12.5. The first-order valence-corrected chi connectivity index (χ1v) is 9.07. The van der Waals surface area contributed by atoms with Gasteiger partial charge in [0.05, 0.1) is 16.1 Å². The van der Waals surface area contributed by atoms with Gasteiger partial charge < -0.3 is 16.2 Å². The molecule has 6 heteroatoms. The topological polar surface area (TPSA) is 84.1 Å². The molecule has 136 valence electrons. The number of aromatic hydroxyl groups is 1. The second-order valence-electron chi connectivity index (χ2n) is 6.82. The van der Waals surface area contributed by atoms with Crippen LogP contribution in [0.3, 0.4) is 0 Å². The lowest BCUT2D eigenvalue weighted by Gasteiger charge is -2.17. The molecule has 0 radical (unpaired) electrons. The van der Waals surface area contributed by atoms with Gasteiger partial charge in [-0.3, -0.25) is 0 Å². The van der Waals surface area contributed by atoms with Crippen molar-refractivity contribution in [3.8, 4) is 17.1 Å². The molecule has 0 unspecified atom stereocenters. The second kappa shape index (κ2) is 7.89. The minimum atomic E-state index is -0.0214. The Labute approximate surface area is 158 Å². The van der Waals surface area contributed by atoms with Crippen molar-refractivity contribution in [2.75, 3.05) is 11.9 Å². The molecular formula is C20H23ClN4O. The van der Waals surface area contributed by atoms with Gasteiger partial charge in [-0.1, -0.05) is 43.6 Å². The Kier molecular flexibility index (Phi) is 5.59. The summed E-state index contributed by atoms with van der Waals surface area (Å²) in [5.74, 6) is 1.63. The molecule has 0 aliphatic carbocycles. The van der Waals surface area contributed by atoms with Crippen molar-refractivity contribution < 1.29 is 5.11 Å². The van der Waals surface area contributed by atoms with Crippen LogP contribution in [0.1, 0.15) is 20.3 Å². The minimum absolute atomic E-state index is 0.0214. The van der Waals surface area contributed by atoms with Gasteiger partial charge in [0.25, 0.3) is 0 Å². The van der Waals surface area contributed by atoms with E-state index in [9.17, 15) is 5.11 Å². The number of anilines is 1. The number of phenols is 1. The molecule has 2 aromatic carbocycles. The third-order valence-electron chi connectivity index (χ3n) is 4.14. The number of nitrogens with one attached hydrogen (secondary N) is 1. The van der Waals surface area contributed by atoms with E-state index in [2.05, 4.69) is 29.1 Å². The van der Waals surface area contributed by atoms with Crippen LogP contribution in [0, 0.1) is 5.92 Å². The highest BCUT2D eigenvalue weighted by atomic mass is 35.5. The van der Waals surface area contributed by atoms with E-state index in [1.165, 1.54) is 0 Å². The Hall–Kier alpha value is -2.37. The van der Waals surface area contributed by atoms with Gasteiger partial charge in [0.1, 0.15) is 11.6 Å². The van der Waals surface area contributed by atoms with Crippen molar-refractivity contribution in [2.45, 2.75) is 26.3 Å². The molecule has 1 aromatic heterocycles. The van der Waals surface area contributed by atoms with Crippen LogP contribution in [-0.2, 0) is 0 Å². The number of aromatic nitrogens is 2. The molecular weight excluding hydrogens is 348 g/mol. The number of halogens is 1. The fourth-order valence-electron chi connectivity index (χ4n) is 2.94. The Bertz CT molecular complexity index is 913. The van der Waals surface area contributed by atoms with Gasteiger partial charge in [0, 0.05) is 18.0 Å². The summed E-state index contributed by atoms with van der Waals surface area (Å²) >= 11 is 6.04. The van der Waals surface area contributed by atoms with E-state index in [4.69, 9.17) is 17.3 Å². The number of hydrogen-bond acceptors (Lipinski definition) is 5. The Morgan fingerprint density at radius 1 is 1.12 bits per heavy atom. The van der Waals surface area contributed by atoms with Gasteiger partial charge in [0.2, 0.25) is 0 Å². The fourth-order valence-corrected chi connectivity index (χ4v) is 3.12. The Morgan fingerprint density at radius 3 is 2.65 bits per heavy atom. The lowest BCUT2D eigenvalue weighted by atomic mass is 10.0. The molecule has 1 atom stereocenters. The zero-order valence-corrected chi connectivity index (χ0v) is 15.7. The highest BCUT2D eigenvalue weighted by Crippen LogP contribution is 2.34. The molecule has 26 heavy (non-hydrogen) atoms. The van der Waals surface area contributed by atoms with Crippen molar-refractivity contribution in [2.24, 2.45) is 11.7 Å². The predicted molar refractivity (Wildman–Crippen MR) is 108 cm³/mol. The lowest BCUT2D eigenvalue weighted by molar-refractivity contribution is 0.477. The number of hydrogen-bond donors (Lipinski definition) is 3. The summed E-state index contributed by atoms with van der Waals surface area (Å²) in [4.78, 5) is 9.21. The summed E-state index contributed by atoms with van der Waals surface area (Å²) in [5.41, 5.74) is 7.48. The van der Waals surface area contributed by atoms with Crippen molar-refractivity contribution >= 4 is 28.3 Å². The first-order chi connectivity index (χ1) is 12.5. The summed E-state index contributed by atoms with van der Waals surface area (Å²) in [6.45, 7) is 4.92. The van der Waals surface area contributed by atoms with Gasteiger partial charge in [-0.2, -0.15) is 0 Å². The quantitative estimate of drug-likeness (QED) is 0.597. The summed E-state index contributed by atoms with van der Waals surface area (Å²) < 4.78 is 0. The van der Waals surface area contributed by atoms with E-state index in [0.717, 1.165) is 17.3 Å². The SMILES string of the molecule is CC(C)C[C@@H](N)CNc1nc(-c2cccc(Cl)c2O)nc2ccccc12. The molecule has 1 heterocycles. The maximum atomic E-state index is 10.3. The number of nitrogens with two attached hydrogens (primary N) is 1. The molecule has 0 saturated heterocycles. The smallest absolute Gasteiger partial charge is 0.165 e. The highest BCUT2D eigenvalue weighted by molar-refractivity contribution is 6.32. The van der Waals surface area contributed by atoms with Crippen LogP contribution in [0.25, 0.3) is 22.3 Å². The zero-order chi connectivity index (χ0) is 18.7. The van der Waals surface area contributed by atoms with E-state index in [1.807, 2.05) is 24.3 Å². The molecule has 3 rings (SSSR count). The molecule has 0 spiro atoms. The predicted octanol–water partition coefficient (Wildman–Crippen LogP) is 4.44. The molecule has 0 aliphatic heterocycles. The third-order valence-corrected chi connectivity index (χ3v) is 4.44. The van der Waals surface area contributed by atoms with Gasteiger partial charge >= 0.3 is 0 Å². The Morgan fingerprint density at radius 2 is 1.88 bits per heavy atom. The molecule has 5 nitrogen and oxygen atoms in total. The maximum Gasteiger partial charge on any atom is 0.165 e. The molecule has 0 aliphatic rings. The standard InChI is InChI=1S/C20H23ClN4O/c1-12(2)10-13(22)11-23-19-14-6-3-4-9-17(14)24-20(25-19)15-7-5-8-16(21)18(15)26/h3-9,12-13,26H,10-11,22H2,1-2H3,(H,23,24,25)/t13-/m1/s1. The largest absolute Gasteiger partial charge is 0.506 e. The molecule has 0 amide bonds. The first kappa shape index (κ1) is 18.4. The zero-order valence-electron chi connectivity index (χ0n) is 14.9.